The molecular weight excluding hydrogens is 236 g/mol. The highest BCUT2D eigenvalue weighted by Gasteiger charge is 2.06. The summed E-state index contributed by atoms with van der Waals surface area (Å²) >= 11 is 4.87. The molecule has 0 aromatic carbocycles. The lowest BCUT2D eigenvalue weighted by atomic mass is 10.2. The van der Waals surface area contributed by atoms with E-state index in [-0.39, 0.29) is 11.6 Å². The molecule has 0 aliphatic rings. The molecule has 17 heavy (non-hydrogen) atoms. The fourth-order valence-corrected chi connectivity index (χ4v) is 1.52. The van der Waals surface area contributed by atoms with Gasteiger partial charge < -0.3 is 15.7 Å². The minimum Gasteiger partial charge on any atom is -0.396 e. The van der Waals surface area contributed by atoms with Gasteiger partial charge in [0.2, 0.25) is 5.95 Å². The van der Waals surface area contributed by atoms with Crippen LogP contribution in [0.4, 0.5) is 5.95 Å². The minimum absolute atomic E-state index is 0.247. The Balaban J connectivity index is 2.53. The summed E-state index contributed by atoms with van der Waals surface area (Å²) in [5.41, 5.74) is 6.11. The lowest BCUT2D eigenvalue weighted by molar-refractivity contribution is 0.283. The fraction of sp³-hybridized carbons (Fsp3) is 0.545. The van der Waals surface area contributed by atoms with Crippen molar-refractivity contribution in [3.05, 3.63) is 18.0 Å². The molecule has 0 fully saturated rings. The van der Waals surface area contributed by atoms with Crippen LogP contribution in [0.3, 0.4) is 0 Å². The van der Waals surface area contributed by atoms with E-state index in [0.717, 1.165) is 25.8 Å². The highest BCUT2D eigenvalue weighted by atomic mass is 32.1. The molecule has 3 N–H and O–H groups in total. The number of hydrogen-bond donors (Lipinski definition) is 2. The van der Waals surface area contributed by atoms with E-state index in [2.05, 4.69) is 9.97 Å². The molecule has 0 saturated heterocycles. The van der Waals surface area contributed by atoms with Crippen LogP contribution in [-0.2, 0) is 0 Å². The number of nitrogens with two attached hydrogens (primary N) is 1. The number of thiocarbonyl (C=S) groups is 1. The number of unbranched alkanes of at least 4 members (excludes halogenated alkanes) is 2. The molecule has 0 spiro atoms. The van der Waals surface area contributed by atoms with E-state index in [1.54, 1.807) is 12.3 Å². The molecule has 1 aromatic rings. The van der Waals surface area contributed by atoms with Crippen molar-refractivity contribution in [3.63, 3.8) is 0 Å². The van der Waals surface area contributed by atoms with E-state index in [9.17, 15) is 0 Å². The zero-order chi connectivity index (χ0) is 12.7. The van der Waals surface area contributed by atoms with Gasteiger partial charge >= 0.3 is 0 Å². The van der Waals surface area contributed by atoms with Crippen LogP contribution in [0.1, 0.15) is 25.0 Å². The molecule has 0 unspecified atom stereocenters. The molecule has 0 radical (unpaired) electrons. The number of rotatable bonds is 7. The number of hydrogen-bond acceptors (Lipinski definition) is 5. The summed E-state index contributed by atoms with van der Waals surface area (Å²) in [6.07, 6.45) is 4.48. The second kappa shape index (κ2) is 7.13. The highest BCUT2D eigenvalue weighted by molar-refractivity contribution is 7.80. The van der Waals surface area contributed by atoms with E-state index < -0.39 is 0 Å². The van der Waals surface area contributed by atoms with E-state index in [4.69, 9.17) is 23.1 Å². The summed E-state index contributed by atoms with van der Waals surface area (Å²) in [6, 6.07) is 1.70. The molecule has 0 aliphatic heterocycles. The molecule has 0 aliphatic carbocycles. The van der Waals surface area contributed by atoms with E-state index in [0.29, 0.717) is 11.6 Å². The lowest BCUT2D eigenvalue weighted by Crippen LogP contribution is -2.22. The van der Waals surface area contributed by atoms with Gasteiger partial charge in [-0.15, -0.1) is 0 Å². The molecular formula is C11H18N4OS. The molecule has 5 nitrogen and oxygen atoms in total. The molecule has 0 atom stereocenters. The summed E-state index contributed by atoms with van der Waals surface area (Å²) in [5.74, 6) is 0.624. The van der Waals surface area contributed by atoms with E-state index in [1.165, 1.54) is 0 Å². The molecule has 0 saturated carbocycles. The predicted molar refractivity (Wildman–Crippen MR) is 72.1 cm³/mol. The minimum atomic E-state index is 0.247. The first-order valence-corrected chi connectivity index (χ1v) is 6.01. The van der Waals surface area contributed by atoms with Crippen LogP contribution in [0.15, 0.2) is 12.3 Å². The second-order valence-corrected chi connectivity index (χ2v) is 4.25. The number of aromatic nitrogens is 2. The molecule has 1 heterocycles. The van der Waals surface area contributed by atoms with Crippen molar-refractivity contribution >= 4 is 23.2 Å². The topological polar surface area (TPSA) is 75.3 Å². The first-order valence-electron chi connectivity index (χ1n) is 5.60. The van der Waals surface area contributed by atoms with Gasteiger partial charge in [0.1, 0.15) is 10.7 Å². The van der Waals surface area contributed by atoms with Crippen molar-refractivity contribution in [3.8, 4) is 0 Å². The number of aliphatic hydroxyl groups is 1. The van der Waals surface area contributed by atoms with Crippen LogP contribution in [0.25, 0.3) is 0 Å². The first kappa shape index (κ1) is 13.8. The third-order valence-corrected chi connectivity index (χ3v) is 2.60. The summed E-state index contributed by atoms with van der Waals surface area (Å²) in [6.45, 7) is 1.10. The molecule has 94 valence electrons. The Hall–Kier alpha value is -1.27. The van der Waals surface area contributed by atoms with Crippen molar-refractivity contribution in [1.82, 2.24) is 9.97 Å². The maximum absolute atomic E-state index is 8.68. The first-order chi connectivity index (χ1) is 8.15. The number of aliphatic hydroxyl groups excluding tert-OH is 1. The average Bonchev–Trinajstić information content (AvgIpc) is 2.34. The molecule has 0 amide bonds. The SMILES string of the molecule is CN(CCCCCO)c1nccc(C(N)=S)n1. The van der Waals surface area contributed by atoms with Crippen LogP contribution >= 0.6 is 12.2 Å². The van der Waals surface area contributed by atoms with Gasteiger partial charge in [-0.3, -0.25) is 0 Å². The second-order valence-electron chi connectivity index (χ2n) is 3.81. The summed E-state index contributed by atoms with van der Waals surface area (Å²) in [7, 11) is 1.93. The van der Waals surface area contributed by atoms with E-state index in [1.807, 2.05) is 11.9 Å². The Morgan fingerprint density at radius 3 is 2.88 bits per heavy atom. The van der Waals surface area contributed by atoms with Crippen molar-refractivity contribution in [2.75, 3.05) is 25.1 Å². The normalized spacial score (nSPS) is 10.2. The summed E-state index contributed by atoms with van der Waals surface area (Å²) in [4.78, 5) is 10.7. The smallest absolute Gasteiger partial charge is 0.225 e. The van der Waals surface area contributed by atoms with Crippen LogP contribution in [-0.4, -0.2) is 40.3 Å². The van der Waals surface area contributed by atoms with Gasteiger partial charge in [-0.2, -0.15) is 0 Å². The average molecular weight is 254 g/mol. The Morgan fingerprint density at radius 1 is 1.47 bits per heavy atom. The molecule has 0 bridgehead atoms. The third-order valence-electron chi connectivity index (χ3n) is 2.39. The Morgan fingerprint density at radius 2 is 2.24 bits per heavy atom. The van der Waals surface area contributed by atoms with Gasteiger partial charge in [0.25, 0.3) is 0 Å². The largest absolute Gasteiger partial charge is 0.396 e. The van der Waals surface area contributed by atoms with Gasteiger partial charge in [0.05, 0.1) is 0 Å². The summed E-state index contributed by atoms with van der Waals surface area (Å²) in [5, 5.41) is 8.68. The van der Waals surface area contributed by atoms with Gasteiger partial charge in [0.15, 0.2) is 0 Å². The lowest BCUT2D eigenvalue weighted by Gasteiger charge is -2.16. The quantitative estimate of drug-likeness (QED) is 0.551. The fourth-order valence-electron chi connectivity index (χ4n) is 1.41. The maximum Gasteiger partial charge on any atom is 0.225 e. The standard InChI is InChI=1S/C11H18N4OS/c1-15(7-3-2-4-8-16)11-13-6-5-9(14-11)10(12)17/h5-6,16H,2-4,7-8H2,1H3,(H2,12,17). The predicted octanol–water partition coefficient (Wildman–Crippen LogP) is 0.710. The van der Waals surface area contributed by atoms with E-state index >= 15 is 0 Å². The summed E-state index contributed by atoms with van der Waals surface area (Å²) < 4.78 is 0. The van der Waals surface area contributed by atoms with Gasteiger partial charge in [-0.05, 0) is 25.3 Å². The zero-order valence-corrected chi connectivity index (χ0v) is 10.8. The Bertz CT molecular complexity index is 372. The van der Waals surface area contributed by atoms with Crippen LogP contribution in [0, 0.1) is 0 Å². The van der Waals surface area contributed by atoms with Crippen molar-refractivity contribution in [1.29, 1.82) is 0 Å². The highest BCUT2D eigenvalue weighted by Crippen LogP contribution is 2.07. The molecule has 1 aromatic heterocycles. The van der Waals surface area contributed by atoms with Crippen molar-refractivity contribution in [2.24, 2.45) is 5.73 Å². The molecule has 1 rings (SSSR count). The van der Waals surface area contributed by atoms with Crippen LogP contribution in [0.2, 0.25) is 0 Å². The van der Waals surface area contributed by atoms with Crippen molar-refractivity contribution < 1.29 is 5.11 Å². The van der Waals surface area contributed by atoms with Crippen LogP contribution < -0.4 is 10.6 Å². The van der Waals surface area contributed by atoms with Crippen molar-refractivity contribution in [2.45, 2.75) is 19.3 Å². The number of anilines is 1. The molecule has 6 heteroatoms. The van der Waals surface area contributed by atoms with Gasteiger partial charge in [-0.25, -0.2) is 9.97 Å². The van der Waals surface area contributed by atoms with Crippen LogP contribution in [0.5, 0.6) is 0 Å². The zero-order valence-electron chi connectivity index (χ0n) is 9.96. The van der Waals surface area contributed by atoms with Gasteiger partial charge in [-0.1, -0.05) is 12.2 Å². The van der Waals surface area contributed by atoms with Gasteiger partial charge in [0, 0.05) is 26.4 Å². The number of nitrogens with zero attached hydrogens (tertiary/aromatic N) is 3. The Kier molecular flexibility index (Phi) is 5.79. The monoisotopic (exact) mass is 254 g/mol. The maximum atomic E-state index is 8.68. The third kappa shape index (κ3) is 4.62. The Labute approximate surface area is 107 Å².